The second kappa shape index (κ2) is 6.52. The molecule has 2 aromatic rings. The van der Waals surface area contributed by atoms with E-state index in [1.807, 2.05) is 38.1 Å². The predicted octanol–water partition coefficient (Wildman–Crippen LogP) is 3.54. The second-order valence-corrected chi connectivity index (χ2v) is 6.64. The fourth-order valence-corrected chi connectivity index (χ4v) is 3.10. The van der Waals surface area contributed by atoms with Gasteiger partial charge in [0.05, 0.1) is 17.6 Å². The molecule has 0 saturated carbocycles. The van der Waals surface area contributed by atoms with Crippen molar-refractivity contribution in [2.24, 2.45) is 5.73 Å². The van der Waals surface area contributed by atoms with Crippen LogP contribution in [0.2, 0.25) is 0 Å². The molecule has 6 nitrogen and oxygen atoms in total. The Labute approximate surface area is 147 Å². The third-order valence-electron chi connectivity index (χ3n) is 4.14. The number of aromatic nitrogens is 2. The van der Waals surface area contributed by atoms with Gasteiger partial charge in [-0.05, 0) is 25.8 Å². The van der Waals surface area contributed by atoms with Crippen molar-refractivity contribution in [3.05, 3.63) is 52.5 Å². The van der Waals surface area contributed by atoms with Crippen molar-refractivity contribution in [1.29, 1.82) is 5.26 Å². The van der Waals surface area contributed by atoms with Gasteiger partial charge in [-0.25, -0.2) is 0 Å². The summed E-state index contributed by atoms with van der Waals surface area (Å²) in [7, 11) is 0. The molecule has 1 aromatic heterocycles. The number of para-hydroxylation sites is 1. The van der Waals surface area contributed by atoms with Crippen LogP contribution < -0.4 is 15.2 Å². The zero-order valence-electron chi connectivity index (χ0n) is 14.8. The molecule has 0 aliphatic carbocycles. The number of allylic oxidation sites excluding steroid dienone is 1. The van der Waals surface area contributed by atoms with Gasteiger partial charge >= 0.3 is 0 Å². The normalized spacial score (nSPS) is 16.6. The smallest absolute Gasteiger partial charge is 0.244 e. The van der Waals surface area contributed by atoms with E-state index >= 15 is 0 Å². The number of benzene rings is 1. The molecule has 0 spiro atoms. The molecule has 1 aromatic carbocycles. The Balaban J connectivity index is 2.24. The first-order chi connectivity index (χ1) is 11.9. The van der Waals surface area contributed by atoms with Crippen LogP contribution in [0.4, 0.5) is 0 Å². The van der Waals surface area contributed by atoms with Crippen LogP contribution in [-0.2, 0) is 0 Å². The molecule has 25 heavy (non-hydrogen) atoms. The molecular weight excluding hydrogens is 316 g/mol. The summed E-state index contributed by atoms with van der Waals surface area (Å²) in [6, 6.07) is 9.92. The van der Waals surface area contributed by atoms with Crippen LogP contribution in [0.5, 0.6) is 11.6 Å². The molecule has 1 atom stereocenters. The van der Waals surface area contributed by atoms with E-state index in [1.165, 1.54) is 0 Å². The number of ether oxygens (including phenoxy) is 2. The SMILES string of the molecule is CC(C)Oc1ccccc1[C@@H]1C(C#N)=C(N)Oc2n[nH]c(C(C)C)c21. The maximum atomic E-state index is 9.72. The fraction of sp³-hybridized carbons (Fsp3) is 0.368. The first kappa shape index (κ1) is 16.9. The van der Waals surface area contributed by atoms with Gasteiger partial charge in [0, 0.05) is 11.3 Å². The molecule has 6 heteroatoms. The zero-order valence-corrected chi connectivity index (χ0v) is 14.8. The number of nitrogens with two attached hydrogens (primary N) is 1. The van der Waals surface area contributed by atoms with E-state index < -0.39 is 0 Å². The Morgan fingerprint density at radius 2 is 2.00 bits per heavy atom. The van der Waals surface area contributed by atoms with Crippen molar-refractivity contribution >= 4 is 0 Å². The third kappa shape index (κ3) is 2.93. The molecule has 3 rings (SSSR count). The lowest BCUT2D eigenvalue weighted by Gasteiger charge is -2.26. The molecule has 130 valence electrons. The van der Waals surface area contributed by atoms with Gasteiger partial charge in [-0.2, -0.15) is 5.26 Å². The number of nitrogens with one attached hydrogen (secondary N) is 1. The molecule has 0 bridgehead atoms. The van der Waals surface area contributed by atoms with Gasteiger partial charge in [-0.3, -0.25) is 5.10 Å². The number of nitriles is 1. The topological polar surface area (TPSA) is 96.9 Å². The van der Waals surface area contributed by atoms with Crippen LogP contribution in [0, 0.1) is 11.3 Å². The molecule has 2 heterocycles. The average Bonchev–Trinajstić information content (AvgIpc) is 2.97. The minimum absolute atomic E-state index is 0.0150. The molecule has 1 aliphatic heterocycles. The van der Waals surface area contributed by atoms with E-state index in [2.05, 4.69) is 30.1 Å². The summed E-state index contributed by atoms with van der Waals surface area (Å²) in [6.45, 7) is 8.07. The summed E-state index contributed by atoms with van der Waals surface area (Å²) in [5.74, 6) is 1.05. The van der Waals surface area contributed by atoms with Crippen LogP contribution in [0.15, 0.2) is 35.7 Å². The molecule has 0 radical (unpaired) electrons. The van der Waals surface area contributed by atoms with Crippen LogP contribution in [-0.4, -0.2) is 16.3 Å². The first-order valence-electron chi connectivity index (χ1n) is 8.35. The van der Waals surface area contributed by atoms with Gasteiger partial charge in [-0.15, -0.1) is 5.10 Å². The summed E-state index contributed by atoms with van der Waals surface area (Å²) < 4.78 is 11.6. The second-order valence-electron chi connectivity index (χ2n) is 6.64. The molecular formula is C19H22N4O2. The molecule has 0 amide bonds. The average molecular weight is 338 g/mol. The number of hydrogen-bond acceptors (Lipinski definition) is 5. The van der Waals surface area contributed by atoms with Gasteiger partial charge in [0.15, 0.2) is 0 Å². The van der Waals surface area contributed by atoms with E-state index in [4.69, 9.17) is 15.2 Å². The molecule has 0 saturated heterocycles. The summed E-state index contributed by atoms with van der Waals surface area (Å²) in [4.78, 5) is 0. The van der Waals surface area contributed by atoms with Crippen LogP contribution in [0.25, 0.3) is 0 Å². The highest BCUT2D eigenvalue weighted by Gasteiger charge is 2.37. The molecule has 1 aliphatic rings. The Bertz CT molecular complexity index is 859. The lowest BCUT2D eigenvalue weighted by atomic mass is 9.82. The maximum Gasteiger partial charge on any atom is 0.244 e. The van der Waals surface area contributed by atoms with Gasteiger partial charge in [0.1, 0.15) is 17.4 Å². The quantitative estimate of drug-likeness (QED) is 0.888. The lowest BCUT2D eigenvalue weighted by Crippen LogP contribution is -2.22. The molecule has 0 unspecified atom stereocenters. The standard InChI is InChI=1S/C19H22N4O2/c1-10(2)17-16-15(12-7-5-6-8-14(12)24-11(3)4)13(9-20)18(21)25-19(16)23-22-17/h5-8,10-11,15H,21H2,1-4H3,(H,22,23)/t15-/m1/s1. The van der Waals surface area contributed by atoms with Gasteiger partial charge in [-0.1, -0.05) is 32.0 Å². The van der Waals surface area contributed by atoms with Crippen LogP contribution in [0.1, 0.15) is 56.4 Å². The number of H-pyrrole nitrogens is 1. The lowest BCUT2D eigenvalue weighted by molar-refractivity contribution is 0.239. The van der Waals surface area contributed by atoms with Gasteiger partial charge in [0.2, 0.25) is 11.8 Å². The monoisotopic (exact) mass is 338 g/mol. The minimum atomic E-state index is -0.375. The number of aromatic amines is 1. The highest BCUT2D eigenvalue weighted by atomic mass is 16.5. The van der Waals surface area contributed by atoms with E-state index in [1.54, 1.807) is 0 Å². The van der Waals surface area contributed by atoms with Crippen LogP contribution in [0.3, 0.4) is 0 Å². The Morgan fingerprint density at radius 1 is 1.28 bits per heavy atom. The zero-order chi connectivity index (χ0) is 18.1. The van der Waals surface area contributed by atoms with Crippen LogP contribution >= 0.6 is 0 Å². The number of nitrogens with zero attached hydrogens (tertiary/aromatic N) is 2. The van der Waals surface area contributed by atoms with E-state index in [9.17, 15) is 5.26 Å². The molecule has 0 fully saturated rings. The van der Waals surface area contributed by atoms with Crippen molar-refractivity contribution in [3.8, 4) is 17.7 Å². The third-order valence-corrected chi connectivity index (χ3v) is 4.14. The van der Waals surface area contributed by atoms with E-state index in [-0.39, 0.29) is 23.8 Å². The largest absolute Gasteiger partial charge is 0.491 e. The Hall–Kier alpha value is -2.94. The summed E-state index contributed by atoms with van der Waals surface area (Å²) in [5.41, 5.74) is 9.04. The fourth-order valence-electron chi connectivity index (χ4n) is 3.10. The first-order valence-corrected chi connectivity index (χ1v) is 8.35. The number of fused-ring (bicyclic) bond motifs is 1. The van der Waals surface area contributed by atoms with Crippen molar-refractivity contribution < 1.29 is 9.47 Å². The maximum absolute atomic E-state index is 9.72. The van der Waals surface area contributed by atoms with Gasteiger partial charge in [0.25, 0.3) is 0 Å². The van der Waals surface area contributed by atoms with Crippen molar-refractivity contribution in [1.82, 2.24) is 10.2 Å². The van der Waals surface area contributed by atoms with E-state index in [0.717, 1.165) is 22.6 Å². The number of rotatable bonds is 4. The minimum Gasteiger partial charge on any atom is -0.491 e. The van der Waals surface area contributed by atoms with E-state index in [0.29, 0.717) is 11.5 Å². The summed E-state index contributed by atoms with van der Waals surface area (Å²) in [5, 5.41) is 17.0. The Kier molecular flexibility index (Phi) is 4.41. The predicted molar refractivity (Wildman–Crippen MR) is 94.2 cm³/mol. The highest BCUT2D eigenvalue weighted by Crippen LogP contribution is 2.46. The van der Waals surface area contributed by atoms with Gasteiger partial charge < -0.3 is 15.2 Å². The number of hydrogen-bond donors (Lipinski definition) is 2. The van der Waals surface area contributed by atoms with Crippen molar-refractivity contribution in [2.45, 2.75) is 45.6 Å². The summed E-state index contributed by atoms with van der Waals surface area (Å²) in [6.07, 6.45) is 0.0150. The van der Waals surface area contributed by atoms with Crippen molar-refractivity contribution in [2.75, 3.05) is 0 Å². The molecule has 3 N–H and O–H groups in total. The summed E-state index contributed by atoms with van der Waals surface area (Å²) >= 11 is 0. The Morgan fingerprint density at radius 3 is 2.64 bits per heavy atom. The van der Waals surface area contributed by atoms with Crippen molar-refractivity contribution in [3.63, 3.8) is 0 Å². The highest BCUT2D eigenvalue weighted by molar-refractivity contribution is 5.58.